The third-order valence-corrected chi connectivity index (χ3v) is 4.71. The van der Waals surface area contributed by atoms with Gasteiger partial charge in [-0.2, -0.15) is 0 Å². The van der Waals surface area contributed by atoms with Gasteiger partial charge in [-0.25, -0.2) is 0 Å². The van der Waals surface area contributed by atoms with E-state index in [1.807, 2.05) is 18.2 Å². The van der Waals surface area contributed by atoms with E-state index in [0.29, 0.717) is 12.4 Å². The lowest BCUT2D eigenvalue weighted by Gasteiger charge is -2.32. The highest BCUT2D eigenvalue weighted by Crippen LogP contribution is 2.50. The molecular formula is C16H23BO3. The maximum absolute atomic E-state index is 6.07. The Hall–Kier alpha value is -0.835. The standard InChI is InChI=1S/C16H23BO3/c1-15(2)16(3,4)20-17(19-15)13-10-14(13)18-11-12-8-6-5-7-9-12/h5-9,13-14H,10-11H2,1-4H3/t13-,14-/m1/s1. The van der Waals surface area contributed by atoms with Crippen molar-refractivity contribution in [1.29, 1.82) is 0 Å². The summed E-state index contributed by atoms with van der Waals surface area (Å²) in [4.78, 5) is 0. The van der Waals surface area contributed by atoms with Crippen molar-refractivity contribution in [1.82, 2.24) is 0 Å². The minimum atomic E-state index is -0.246. The summed E-state index contributed by atoms with van der Waals surface area (Å²) in [6, 6.07) is 10.3. The zero-order valence-electron chi connectivity index (χ0n) is 12.8. The molecular weight excluding hydrogens is 251 g/mol. The third kappa shape index (κ3) is 2.65. The van der Waals surface area contributed by atoms with Gasteiger partial charge in [0.1, 0.15) is 0 Å². The van der Waals surface area contributed by atoms with E-state index in [4.69, 9.17) is 14.0 Å². The summed E-state index contributed by atoms with van der Waals surface area (Å²) >= 11 is 0. The van der Waals surface area contributed by atoms with Gasteiger partial charge < -0.3 is 14.0 Å². The van der Waals surface area contributed by atoms with Crippen LogP contribution < -0.4 is 0 Å². The lowest BCUT2D eigenvalue weighted by molar-refractivity contribution is 0.00578. The molecule has 2 atom stereocenters. The fourth-order valence-corrected chi connectivity index (χ4v) is 2.51. The molecule has 3 nitrogen and oxygen atoms in total. The topological polar surface area (TPSA) is 27.7 Å². The molecule has 0 N–H and O–H groups in total. The average Bonchev–Trinajstić information content (AvgIpc) is 3.11. The van der Waals surface area contributed by atoms with E-state index in [0.717, 1.165) is 6.42 Å². The van der Waals surface area contributed by atoms with Gasteiger partial charge in [0, 0.05) is 5.82 Å². The molecule has 1 aromatic carbocycles. The van der Waals surface area contributed by atoms with Crippen LogP contribution in [0.25, 0.3) is 0 Å². The van der Waals surface area contributed by atoms with Crippen molar-refractivity contribution >= 4 is 7.12 Å². The van der Waals surface area contributed by atoms with E-state index in [2.05, 4.69) is 39.8 Å². The number of rotatable bonds is 4. The summed E-state index contributed by atoms with van der Waals surface area (Å²) in [5.41, 5.74) is 0.723. The number of hydrogen-bond acceptors (Lipinski definition) is 3. The Morgan fingerprint density at radius 3 is 2.30 bits per heavy atom. The summed E-state index contributed by atoms with van der Waals surface area (Å²) in [6.45, 7) is 9.04. The van der Waals surface area contributed by atoms with Crippen molar-refractivity contribution in [2.75, 3.05) is 0 Å². The van der Waals surface area contributed by atoms with E-state index >= 15 is 0 Å². The SMILES string of the molecule is CC1(C)OB([C@@H]2C[C@H]2OCc2ccccc2)OC1(C)C. The van der Waals surface area contributed by atoms with Gasteiger partial charge >= 0.3 is 7.12 Å². The van der Waals surface area contributed by atoms with Gasteiger partial charge in [-0.1, -0.05) is 30.3 Å². The van der Waals surface area contributed by atoms with Gasteiger partial charge in [0.05, 0.1) is 23.9 Å². The lowest BCUT2D eigenvalue weighted by Crippen LogP contribution is -2.41. The zero-order chi connectivity index (χ0) is 14.4. The summed E-state index contributed by atoms with van der Waals surface area (Å²) < 4.78 is 18.1. The Kier molecular flexibility index (Phi) is 3.43. The van der Waals surface area contributed by atoms with Crippen molar-refractivity contribution in [3.05, 3.63) is 35.9 Å². The van der Waals surface area contributed by atoms with Gasteiger partial charge in [0.2, 0.25) is 0 Å². The Morgan fingerprint density at radius 2 is 1.70 bits per heavy atom. The predicted molar refractivity (Wildman–Crippen MR) is 79.5 cm³/mol. The van der Waals surface area contributed by atoms with Crippen molar-refractivity contribution in [3.63, 3.8) is 0 Å². The second-order valence-electron chi connectivity index (χ2n) is 6.86. The van der Waals surface area contributed by atoms with Gasteiger partial charge in [0.15, 0.2) is 0 Å². The van der Waals surface area contributed by atoms with Crippen LogP contribution in [0, 0.1) is 0 Å². The van der Waals surface area contributed by atoms with Crippen LogP contribution in [0.4, 0.5) is 0 Å². The quantitative estimate of drug-likeness (QED) is 0.787. The summed E-state index contributed by atoms with van der Waals surface area (Å²) in [5.74, 6) is 0.375. The molecule has 2 fully saturated rings. The largest absolute Gasteiger partial charge is 0.463 e. The molecule has 1 saturated carbocycles. The minimum absolute atomic E-state index is 0.124. The molecule has 0 amide bonds. The molecule has 0 unspecified atom stereocenters. The minimum Gasteiger partial charge on any atom is -0.403 e. The van der Waals surface area contributed by atoms with Crippen molar-refractivity contribution in [2.45, 2.75) is 63.8 Å². The van der Waals surface area contributed by atoms with E-state index in [9.17, 15) is 0 Å². The van der Waals surface area contributed by atoms with E-state index in [1.54, 1.807) is 0 Å². The first-order valence-corrected chi connectivity index (χ1v) is 7.40. The van der Waals surface area contributed by atoms with E-state index in [-0.39, 0.29) is 24.4 Å². The lowest BCUT2D eigenvalue weighted by atomic mass is 9.82. The number of hydrogen-bond donors (Lipinski definition) is 0. The van der Waals surface area contributed by atoms with Crippen LogP contribution in [-0.2, 0) is 20.7 Å². The summed E-state index contributed by atoms with van der Waals surface area (Å²) in [7, 11) is -0.124. The second-order valence-corrected chi connectivity index (χ2v) is 6.86. The normalized spacial score (nSPS) is 30.5. The fraction of sp³-hybridized carbons (Fsp3) is 0.625. The van der Waals surface area contributed by atoms with Crippen LogP contribution in [0.5, 0.6) is 0 Å². The molecule has 1 saturated heterocycles. The van der Waals surface area contributed by atoms with Crippen LogP contribution in [0.1, 0.15) is 39.7 Å². The molecule has 0 spiro atoms. The molecule has 1 aliphatic heterocycles. The fourth-order valence-electron chi connectivity index (χ4n) is 2.51. The van der Waals surface area contributed by atoms with Crippen molar-refractivity contribution in [2.24, 2.45) is 0 Å². The number of ether oxygens (including phenoxy) is 1. The first-order valence-electron chi connectivity index (χ1n) is 7.40. The highest BCUT2D eigenvalue weighted by atomic mass is 16.7. The maximum Gasteiger partial charge on any atom is 0.463 e. The molecule has 1 aliphatic carbocycles. The monoisotopic (exact) mass is 274 g/mol. The van der Waals surface area contributed by atoms with Crippen molar-refractivity contribution in [3.8, 4) is 0 Å². The molecule has 108 valence electrons. The average molecular weight is 274 g/mol. The third-order valence-electron chi connectivity index (χ3n) is 4.71. The zero-order valence-corrected chi connectivity index (χ0v) is 12.8. The molecule has 20 heavy (non-hydrogen) atoms. The van der Waals surface area contributed by atoms with Crippen LogP contribution >= 0.6 is 0 Å². The highest BCUT2D eigenvalue weighted by molar-refractivity contribution is 6.49. The van der Waals surface area contributed by atoms with Gasteiger partial charge in [-0.05, 0) is 39.7 Å². The Morgan fingerprint density at radius 1 is 1.10 bits per heavy atom. The molecule has 3 rings (SSSR count). The van der Waals surface area contributed by atoms with Crippen LogP contribution in [-0.4, -0.2) is 24.4 Å². The molecule has 1 heterocycles. The summed E-state index contributed by atoms with van der Waals surface area (Å²) in [6.07, 6.45) is 1.30. The Labute approximate surface area is 121 Å². The van der Waals surface area contributed by atoms with Crippen LogP contribution in [0.15, 0.2) is 30.3 Å². The molecule has 0 radical (unpaired) electrons. The van der Waals surface area contributed by atoms with Gasteiger partial charge in [0.25, 0.3) is 0 Å². The second kappa shape index (κ2) is 4.87. The van der Waals surface area contributed by atoms with E-state index < -0.39 is 0 Å². The first-order chi connectivity index (χ1) is 9.39. The molecule has 0 aromatic heterocycles. The Bertz CT molecular complexity index is 456. The predicted octanol–water partition coefficient (Wildman–Crippen LogP) is 3.44. The van der Waals surface area contributed by atoms with Crippen LogP contribution in [0.3, 0.4) is 0 Å². The maximum atomic E-state index is 6.07. The van der Waals surface area contributed by atoms with Gasteiger partial charge in [-0.15, -0.1) is 0 Å². The smallest absolute Gasteiger partial charge is 0.403 e. The molecule has 2 aliphatic rings. The van der Waals surface area contributed by atoms with Crippen molar-refractivity contribution < 1.29 is 14.0 Å². The number of benzene rings is 1. The van der Waals surface area contributed by atoms with E-state index in [1.165, 1.54) is 5.56 Å². The molecule has 1 aromatic rings. The Balaban J connectivity index is 1.51. The summed E-state index contributed by atoms with van der Waals surface area (Å²) in [5, 5.41) is 0. The molecule has 0 bridgehead atoms. The first kappa shape index (κ1) is 14.1. The highest BCUT2D eigenvalue weighted by Gasteiger charge is 2.60. The molecule has 4 heteroatoms. The van der Waals surface area contributed by atoms with Crippen LogP contribution in [0.2, 0.25) is 5.82 Å². The van der Waals surface area contributed by atoms with Gasteiger partial charge in [-0.3, -0.25) is 0 Å².